The molecule has 20 heavy (non-hydrogen) atoms. The summed E-state index contributed by atoms with van der Waals surface area (Å²) in [5.74, 6) is 0. The Morgan fingerprint density at radius 2 is 1.95 bits per heavy atom. The van der Waals surface area contributed by atoms with Gasteiger partial charge in [0, 0.05) is 29.4 Å². The van der Waals surface area contributed by atoms with Crippen molar-refractivity contribution in [1.29, 1.82) is 0 Å². The van der Waals surface area contributed by atoms with E-state index in [1.807, 2.05) is 22.7 Å². The van der Waals surface area contributed by atoms with E-state index in [0.29, 0.717) is 11.6 Å². The first-order valence-corrected chi connectivity index (χ1v) is 6.92. The lowest BCUT2D eigenvalue weighted by molar-refractivity contribution is 0.962. The van der Waals surface area contributed by atoms with Crippen LogP contribution in [0.4, 0.5) is 0 Å². The van der Waals surface area contributed by atoms with Crippen LogP contribution in [0.25, 0.3) is 16.9 Å². The second-order valence-electron chi connectivity index (χ2n) is 4.98. The Hall–Kier alpha value is -1.84. The van der Waals surface area contributed by atoms with Gasteiger partial charge in [-0.3, -0.25) is 0 Å². The summed E-state index contributed by atoms with van der Waals surface area (Å²) in [6.45, 7) is 4.64. The molecule has 0 aliphatic rings. The molecule has 2 aromatic heterocycles. The Bertz CT molecular complexity index is 790. The Morgan fingerprint density at radius 1 is 1.15 bits per heavy atom. The monoisotopic (exact) mass is 285 g/mol. The molecule has 2 heterocycles. The number of imidazole rings is 1. The van der Waals surface area contributed by atoms with Gasteiger partial charge in [0.05, 0.1) is 11.4 Å². The molecule has 0 aliphatic heterocycles. The minimum Gasteiger partial charge on any atom is -0.325 e. The van der Waals surface area contributed by atoms with Gasteiger partial charge in [-0.25, -0.2) is 4.98 Å². The number of hydrogen-bond acceptors (Lipinski definition) is 2. The number of fused-ring (bicyclic) bond motifs is 1. The largest absolute Gasteiger partial charge is 0.325 e. The maximum atomic E-state index is 6.03. The molecule has 3 nitrogen and oxygen atoms in total. The second kappa shape index (κ2) is 4.93. The van der Waals surface area contributed by atoms with E-state index in [9.17, 15) is 0 Å². The van der Waals surface area contributed by atoms with Gasteiger partial charge in [0.25, 0.3) is 0 Å². The van der Waals surface area contributed by atoms with Crippen molar-refractivity contribution in [2.45, 2.75) is 20.4 Å². The molecule has 0 atom stereocenters. The molecule has 3 aromatic rings. The van der Waals surface area contributed by atoms with Crippen LogP contribution >= 0.6 is 11.6 Å². The zero-order valence-corrected chi connectivity index (χ0v) is 12.3. The number of hydrogen-bond donors (Lipinski definition) is 1. The molecule has 0 unspecified atom stereocenters. The first-order valence-electron chi connectivity index (χ1n) is 6.54. The first kappa shape index (κ1) is 13.2. The maximum Gasteiger partial charge on any atom is 0.139 e. The number of nitrogens with zero attached hydrogens (tertiary/aromatic N) is 2. The molecule has 1 aromatic carbocycles. The lowest BCUT2D eigenvalue weighted by Gasteiger charge is -2.05. The summed E-state index contributed by atoms with van der Waals surface area (Å²) in [7, 11) is 0. The average molecular weight is 286 g/mol. The van der Waals surface area contributed by atoms with Crippen molar-refractivity contribution < 1.29 is 0 Å². The van der Waals surface area contributed by atoms with Gasteiger partial charge in [-0.1, -0.05) is 23.7 Å². The molecule has 2 N–H and O–H groups in total. The SMILES string of the molecule is Cc1ccc(-c2nc3cc(Cl)ccn3c2CN)cc1C. The highest BCUT2D eigenvalue weighted by atomic mass is 35.5. The molecule has 0 radical (unpaired) electrons. The summed E-state index contributed by atoms with van der Waals surface area (Å²) in [6, 6.07) is 10.1. The molecule has 0 fully saturated rings. The lowest BCUT2D eigenvalue weighted by atomic mass is 10.0. The summed E-state index contributed by atoms with van der Waals surface area (Å²) in [4.78, 5) is 4.68. The Kier molecular flexibility index (Phi) is 3.24. The molecular formula is C16H16ClN3. The van der Waals surface area contributed by atoms with Crippen LogP contribution in [0.15, 0.2) is 36.5 Å². The third-order valence-electron chi connectivity index (χ3n) is 3.66. The van der Waals surface area contributed by atoms with E-state index in [-0.39, 0.29) is 0 Å². The molecule has 0 amide bonds. The standard InChI is InChI=1S/C16H16ClN3/c1-10-3-4-12(7-11(10)2)16-14(9-18)20-6-5-13(17)8-15(20)19-16/h3-8H,9,18H2,1-2H3. The van der Waals surface area contributed by atoms with Gasteiger partial charge in [-0.15, -0.1) is 0 Å². The van der Waals surface area contributed by atoms with Crippen LogP contribution < -0.4 is 5.73 Å². The number of pyridine rings is 1. The van der Waals surface area contributed by atoms with E-state index < -0.39 is 0 Å². The normalized spacial score (nSPS) is 11.2. The van der Waals surface area contributed by atoms with Gasteiger partial charge in [0.2, 0.25) is 0 Å². The fourth-order valence-electron chi connectivity index (χ4n) is 2.39. The van der Waals surface area contributed by atoms with Crippen LogP contribution in [-0.2, 0) is 6.54 Å². The van der Waals surface area contributed by atoms with Crippen molar-refractivity contribution in [3.8, 4) is 11.3 Å². The summed E-state index contributed by atoms with van der Waals surface area (Å²) >= 11 is 6.03. The summed E-state index contributed by atoms with van der Waals surface area (Å²) in [5, 5.41) is 0.678. The fourth-order valence-corrected chi connectivity index (χ4v) is 2.54. The van der Waals surface area contributed by atoms with Crippen molar-refractivity contribution in [2.75, 3.05) is 0 Å². The third kappa shape index (κ3) is 2.09. The minimum atomic E-state index is 0.436. The molecular weight excluding hydrogens is 270 g/mol. The Labute approximate surface area is 123 Å². The Morgan fingerprint density at radius 3 is 2.65 bits per heavy atom. The quantitative estimate of drug-likeness (QED) is 0.779. The van der Waals surface area contributed by atoms with Crippen LogP contribution in [-0.4, -0.2) is 9.38 Å². The average Bonchev–Trinajstić information content (AvgIpc) is 2.79. The second-order valence-corrected chi connectivity index (χ2v) is 5.42. The van der Waals surface area contributed by atoms with E-state index in [1.54, 1.807) is 0 Å². The van der Waals surface area contributed by atoms with E-state index >= 15 is 0 Å². The summed E-state index contributed by atoms with van der Waals surface area (Å²) < 4.78 is 2.00. The van der Waals surface area contributed by atoms with Crippen LogP contribution in [0.5, 0.6) is 0 Å². The first-order chi connectivity index (χ1) is 9.60. The molecule has 0 saturated heterocycles. The van der Waals surface area contributed by atoms with Crippen molar-refractivity contribution in [3.05, 3.63) is 58.4 Å². The van der Waals surface area contributed by atoms with E-state index in [2.05, 4.69) is 37.0 Å². The van der Waals surface area contributed by atoms with Crippen molar-refractivity contribution in [2.24, 2.45) is 5.73 Å². The lowest BCUT2D eigenvalue weighted by Crippen LogP contribution is -2.02. The number of benzene rings is 1. The van der Waals surface area contributed by atoms with Crippen LogP contribution in [0.2, 0.25) is 5.02 Å². The van der Waals surface area contributed by atoms with E-state index in [1.165, 1.54) is 11.1 Å². The fraction of sp³-hybridized carbons (Fsp3) is 0.188. The van der Waals surface area contributed by atoms with Gasteiger partial charge < -0.3 is 10.1 Å². The molecule has 3 rings (SSSR count). The molecule has 0 bridgehead atoms. The molecule has 4 heteroatoms. The predicted octanol–water partition coefficient (Wildman–Crippen LogP) is 3.73. The van der Waals surface area contributed by atoms with E-state index in [0.717, 1.165) is 22.6 Å². The summed E-state index contributed by atoms with van der Waals surface area (Å²) in [6.07, 6.45) is 1.91. The van der Waals surface area contributed by atoms with Crippen molar-refractivity contribution >= 4 is 17.2 Å². The predicted molar refractivity (Wildman–Crippen MR) is 83.0 cm³/mol. The highest BCUT2D eigenvalue weighted by Crippen LogP contribution is 2.27. The van der Waals surface area contributed by atoms with Crippen LogP contribution in [0.1, 0.15) is 16.8 Å². The third-order valence-corrected chi connectivity index (χ3v) is 3.90. The van der Waals surface area contributed by atoms with Gasteiger partial charge >= 0.3 is 0 Å². The number of halogens is 1. The molecule has 102 valence electrons. The number of rotatable bonds is 2. The smallest absolute Gasteiger partial charge is 0.139 e. The van der Waals surface area contributed by atoms with Crippen LogP contribution in [0.3, 0.4) is 0 Å². The van der Waals surface area contributed by atoms with Gasteiger partial charge in [-0.05, 0) is 37.1 Å². The molecule has 0 aliphatic carbocycles. The topological polar surface area (TPSA) is 43.3 Å². The molecule has 0 spiro atoms. The maximum absolute atomic E-state index is 6.03. The minimum absolute atomic E-state index is 0.436. The highest BCUT2D eigenvalue weighted by Gasteiger charge is 2.13. The van der Waals surface area contributed by atoms with Crippen LogP contribution in [0, 0.1) is 13.8 Å². The zero-order chi connectivity index (χ0) is 14.3. The van der Waals surface area contributed by atoms with Gasteiger partial charge in [0.1, 0.15) is 5.65 Å². The number of aromatic nitrogens is 2. The molecule has 0 saturated carbocycles. The van der Waals surface area contributed by atoms with Gasteiger partial charge in [-0.2, -0.15) is 0 Å². The summed E-state index contributed by atoms with van der Waals surface area (Å²) in [5.41, 5.74) is 12.3. The number of aryl methyl sites for hydroxylation is 2. The van der Waals surface area contributed by atoms with Crippen molar-refractivity contribution in [1.82, 2.24) is 9.38 Å². The Balaban J connectivity index is 2.26. The van der Waals surface area contributed by atoms with Crippen molar-refractivity contribution in [3.63, 3.8) is 0 Å². The van der Waals surface area contributed by atoms with E-state index in [4.69, 9.17) is 17.3 Å². The van der Waals surface area contributed by atoms with Gasteiger partial charge in [0.15, 0.2) is 0 Å². The zero-order valence-electron chi connectivity index (χ0n) is 11.5. The highest BCUT2D eigenvalue weighted by molar-refractivity contribution is 6.30. The number of nitrogens with two attached hydrogens (primary N) is 1.